The van der Waals surface area contributed by atoms with Crippen molar-refractivity contribution in [3.05, 3.63) is 87.4 Å². The van der Waals surface area contributed by atoms with Gasteiger partial charge >= 0.3 is 6.03 Å². The molecule has 0 atom stereocenters. The van der Waals surface area contributed by atoms with Crippen molar-refractivity contribution in [2.75, 3.05) is 23.4 Å². The number of carbonyl (C=O) groups is 4. The number of anilines is 2. The van der Waals surface area contributed by atoms with Crippen molar-refractivity contribution in [2.24, 2.45) is 0 Å². The van der Waals surface area contributed by atoms with E-state index >= 15 is 0 Å². The number of halogens is 2. The number of amides is 5. The molecule has 3 aromatic carbocycles. The Kier molecular flexibility index (Phi) is 8.45. The summed E-state index contributed by atoms with van der Waals surface area (Å²) in [4.78, 5) is 51.4. The van der Waals surface area contributed by atoms with Crippen molar-refractivity contribution in [3.63, 3.8) is 0 Å². The second kappa shape index (κ2) is 11.9. The van der Waals surface area contributed by atoms with Crippen molar-refractivity contribution in [3.8, 4) is 11.5 Å². The largest absolute Gasteiger partial charge is 0.490 e. The number of benzene rings is 3. The monoisotopic (exact) mass is 597 g/mol. The topological polar surface area (TPSA) is 114 Å². The van der Waals surface area contributed by atoms with Crippen LogP contribution < -0.4 is 25.0 Å². The van der Waals surface area contributed by atoms with Crippen LogP contribution in [0.4, 0.5) is 16.2 Å². The normalized spacial score (nSPS) is 14.3. The molecule has 1 heterocycles. The molecule has 1 aliphatic rings. The molecule has 0 aliphatic carbocycles. The van der Waals surface area contributed by atoms with Crippen molar-refractivity contribution in [1.29, 1.82) is 0 Å². The standard InChI is InChI=1S/C27H21BrClN3O6/c1-2-37-22-14-16(13-19(28)24(22)38-15-23(33)30-17-8-4-3-5-9-17)12-18-25(34)31-27(36)32(26(18)35)21-11-7-6-10-20(21)29/h3-14H,2,15H2,1H3,(H,30,33)(H,31,34,36)/b18-12+. The molecule has 38 heavy (non-hydrogen) atoms. The second-order valence-corrected chi connectivity index (χ2v) is 9.14. The predicted molar refractivity (Wildman–Crippen MR) is 146 cm³/mol. The van der Waals surface area contributed by atoms with Gasteiger partial charge in [0, 0.05) is 5.69 Å². The van der Waals surface area contributed by atoms with Gasteiger partial charge < -0.3 is 14.8 Å². The van der Waals surface area contributed by atoms with E-state index in [1.165, 1.54) is 18.2 Å². The van der Waals surface area contributed by atoms with Gasteiger partial charge in [-0.15, -0.1) is 0 Å². The SMILES string of the molecule is CCOc1cc(/C=C2\C(=O)NC(=O)N(c3ccccc3Cl)C2=O)cc(Br)c1OCC(=O)Nc1ccccc1. The summed E-state index contributed by atoms with van der Waals surface area (Å²) >= 11 is 9.59. The van der Waals surface area contributed by atoms with E-state index in [1.807, 2.05) is 6.07 Å². The average molecular weight is 599 g/mol. The fourth-order valence-corrected chi connectivity index (χ4v) is 4.40. The van der Waals surface area contributed by atoms with Crippen molar-refractivity contribution >= 4 is 68.7 Å². The maximum atomic E-state index is 13.2. The molecule has 0 aromatic heterocycles. The molecule has 3 aromatic rings. The molecule has 11 heteroatoms. The molecule has 0 bridgehead atoms. The molecule has 0 saturated carbocycles. The average Bonchev–Trinajstić information content (AvgIpc) is 2.88. The van der Waals surface area contributed by atoms with E-state index in [1.54, 1.807) is 55.5 Å². The van der Waals surface area contributed by atoms with Gasteiger partial charge in [0.25, 0.3) is 17.7 Å². The summed E-state index contributed by atoms with van der Waals surface area (Å²) in [7, 11) is 0. The number of nitrogens with one attached hydrogen (secondary N) is 2. The summed E-state index contributed by atoms with van der Waals surface area (Å²) in [6.45, 7) is 1.77. The second-order valence-electron chi connectivity index (χ2n) is 7.88. The van der Waals surface area contributed by atoms with Gasteiger partial charge in [-0.3, -0.25) is 19.7 Å². The number of imide groups is 2. The predicted octanol–water partition coefficient (Wildman–Crippen LogP) is 5.19. The number of para-hydroxylation sites is 2. The number of rotatable bonds is 8. The quantitative estimate of drug-likeness (QED) is 0.273. The third-order valence-electron chi connectivity index (χ3n) is 5.24. The van der Waals surface area contributed by atoms with Gasteiger partial charge in [-0.05, 0) is 70.9 Å². The molecule has 1 fully saturated rings. The summed E-state index contributed by atoms with van der Waals surface area (Å²) in [6, 6.07) is 17.5. The van der Waals surface area contributed by atoms with Crippen molar-refractivity contribution < 1.29 is 28.7 Å². The van der Waals surface area contributed by atoms with Gasteiger partial charge in [-0.1, -0.05) is 41.9 Å². The summed E-state index contributed by atoms with van der Waals surface area (Å²) < 4.78 is 11.8. The fourth-order valence-electron chi connectivity index (χ4n) is 3.61. The Morgan fingerprint density at radius 2 is 1.76 bits per heavy atom. The van der Waals surface area contributed by atoms with Gasteiger partial charge in [0.1, 0.15) is 5.57 Å². The molecule has 1 aliphatic heterocycles. The Bertz CT molecular complexity index is 1440. The third kappa shape index (κ3) is 6.04. The Hall–Kier alpha value is -4.15. The lowest BCUT2D eigenvalue weighted by atomic mass is 10.1. The number of ether oxygens (including phenoxy) is 2. The van der Waals surface area contributed by atoms with E-state index in [4.69, 9.17) is 21.1 Å². The van der Waals surface area contributed by atoms with E-state index in [0.29, 0.717) is 15.7 Å². The minimum absolute atomic E-state index is 0.142. The number of barbiturate groups is 1. The number of hydrogen-bond acceptors (Lipinski definition) is 6. The summed E-state index contributed by atoms with van der Waals surface area (Å²) in [6.07, 6.45) is 1.33. The number of hydrogen-bond donors (Lipinski definition) is 2. The van der Waals surface area contributed by atoms with Crippen LogP contribution in [0.2, 0.25) is 5.02 Å². The first-order valence-electron chi connectivity index (χ1n) is 11.4. The molecular weight excluding hydrogens is 578 g/mol. The lowest BCUT2D eigenvalue weighted by molar-refractivity contribution is -0.122. The number of carbonyl (C=O) groups excluding carboxylic acids is 4. The highest BCUT2D eigenvalue weighted by Crippen LogP contribution is 2.38. The third-order valence-corrected chi connectivity index (χ3v) is 6.15. The zero-order valence-electron chi connectivity index (χ0n) is 20.0. The highest BCUT2D eigenvalue weighted by molar-refractivity contribution is 9.10. The molecule has 1 saturated heterocycles. The van der Waals surface area contributed by atoms with Crippen LogP contribution >= 0.6 is 27.5 Å². The fraction of sp³-hybridized carbons (Fsp3) is 0.111. The molecule has 194 valence electrons. The first kappa shape index (κ1) is 26.9. The lowest BCUT2D eigenvalue weighted by Gasteiger charge is -2.27. The highest BCUT2D eigenvalue weighted by atomic mass is 79.9. The molecule has 2 N–H and O–H groups in total. The zero-order chi connectivity index (χ0) is 27.2. The van der Waals surface area contributed by atoms with Crippen LogP contribution in [0.15, 0.2) is 76.8 Å². The van der Waals surface area contributed by atoms with Crippen LogP contribution in [0.1, 0.15) is 12.5 Å². The Morgan fingerprint density at radius 1 is 1.05 bits per heavy atom. The van der Waals surface area contributed by atoms with Crippen LogP contribution in [-0.4, -0.2) is 37.0 Å². The molecule has 4 rings (SSSR count). The van der Waals surface area contributed by atoms with E-state index in [9.17, 15) is 19.2 Å². The van der Waals surface area contributed by atoms with Crippen molar-refractivity contribution in [2.45, 2.75) is 6.92 Å². The van der Waals surface area contributed by atoms with Gasteiger partial charge in [-0.2, -0.15) is 0 Å². The highest BCUT2D eigenvalue weighted by Gasteiger charge is 2.37. The molecular formula is C27H21BrClN3O6. The van der Waals surface area contributed by atoms with E-state index in [2.05, 4.69) is 26.6 Å². The maximum absolute atomic E-state index is 13.2. The minimum atomic E-state index is -0.904. The molecule has 9 nitrogen and oxygen atoms in total. The first-order valence-corrected chi connectivity index (χ1v) is 12.6. The van der Waals surface area contributed by atoms with Crippen LogP contribution in [0.25, 0.3) is 6.08 Å². The van der Waals surface area contributed by atoms with Gasteiger partial charge in [0.05, 0.1) is 21.8 Å². The number of urea groups is 1. The summed E-state index contributed by atoms with van der Waals surface area (Å²) in [5.41, 5.74) is 0.902. The van der Waals surface area contributed by atoms with Gasteiger partial charge in [0.2, 0.25) is 0 Å². The summed E-state index contributed by atoms with van der Waals surface area (Å²) in [5.74, 6) is -1.51. The zero-order valence-corrected chi connectivity index (χ0v) is 22.3. The number of nitrogens with zero attached hydrogens (tertiary/aromatic N) is 1. The van der Waals surface area contributed by atoms with Crippen LogP contribution in [0.3, 0.4) is 0 Å². The van der Waals surface area contributed by atoms with Crippen LogP contribution in [0, 0.1) is 0 Å². The molecule has 0 radical (unpaired) electrons. The van der Waals surface area contributed by atoms with Gasteiger partial charge in [-0.25, -0.2) is 9.69 Å². The van der Waals surface area contributed by atoms with E-state index < -0.39 is 17.8 Å². The van der Waals surface area contributed by atoms with Crippen molar-refractivity contribution in [1.82, 2.24) is 5.32 Å². The van der Waals surface area contributed by atoms with Crippen LogP contribution in [0.5, 0.6) is 11.5 Å². The van der Waals surface area contributed by atoms with Gasteiger partial charge in [0.15, 0.2) is 18.1 Å². The smallest absolute Gasteiger partial charge is 0.335 e. The lowest BCUT2D eigenvalue weighted by Crippen LogP contribution is -2.54. The Balaban J connectivity index is 1.60. The van der Waals surface area contributed by atoms with E-state index in [0.717, 1.165) is 4.90 Å². The minimum Gasteiger partial charge on any atom is -0.490 e. The summed E-state index contributed by atoms with van der Waals surface area (Å²) in [5, 5.41) is 5.06. The van der Waals surface area contributed by atoms with E-state index in [-0.39, 0.29) is 46.9 Å². The molecule has 0 unspecified atom stereocenters. The molecule has 5 amide bonds. The first-order chi connectivity index (χ1) is 18.3. The molecule has 0 spiro atoms. The maximum Gasteiger partial charge on any atom is 0.335 e. The Labute approximate surface area is 231 Å². The van der Waals surface area contributed by atoms with Crippen LogP contribution in [-0.2, 0) is 14.4 Å². The Morgan fingerprint density at radius 3 is 2.47 bits per heavy atom.